The summed E-state index contributed by atoms with van der Waals surface area (Å²) in [6.45, 7) is 0. The highest BCUT2D eigenvalue weighted by Gasteiger charge is 2.30. The second-order valence-corrected chi connectivity index (χ2v) is 6.38. The van der Waals surface area contributed by atoms with Crippen LogP contribution >= 0.6 is 0 Å². The number of rotatable bonds is 3. The van der Waals surface area contributed by atoms with Gasteiger partial charge in [-0.2, -0.15) is 0 Å². The number of fused-ring (bicyclic) bond motifs is 2. The van der Waals surface area contributed by atoms with Gasteiger partial charge < -0.3 is 9.47 Å². The van der Waals surface area contributed by atoms with Gasteiger partial charge in [-0.05, 0) is 40.6 Å². The number of carbonyl (C=O) groups excluding carboxylic acids is 2. The highest BCUT2D eigenvalue weighted by Crippen LogP contribution is 2.27. The van der Waals surface area contributed by atoms with E-state index in [-0.39, 0.29) is 5.69 Å². The molecule has 3 aromatic carbocycles. The van der Waals surface area contributed by atoms with E-state index < -0.39 is 11.9 Å². The molecule has 6 heteroatoms. The number of esters is 2. The minimum Gasteiger partial charge on any atom is -0.422 e. The molecule has 2 aliphatic heterocycles. The lowest BCUT2D eigenvalue weighted by Crippen LogP contribution is -2.11. The normalized spacial score (nSPS) is 14.4. The Morgan fingerprint density at radius 1 is 0.643 bits per heavy atom. The Hall–Kier alpha value is -4.06. The molecule has 3 aromatic rings. The summed E-state index contributed by atoms with van der Waals surface area (Å²) in [5.41, 5.74) is 2.37. The molecule has 134 valence electrons. The number of nitroso groups, excluding NO2 is 1. The Morgan fingerprint density at radius 3 is 1.64 bits per heavy atom. The maximum atomic E-state index is 12.5. The van der Waals surface area contributed by atoms with Crippen LogP contribution in [0.3, 0.4) is 0 Å². The monoisotopic (exact) mass is 369 g/mol. The van der Waals surface area contributed by atoms with Crippen LogP contribution in [0.1, 0.15) is 11.1 Å². The van der Waals surface area contributed by atoms with E-state index in [9.17, 15) is 14.5 Å². The van der Waals surface area contributed by atoms with Gasteiger partial charge in [0.15, 0.2) is 0 Å². The maximum Gasteiger partial charge on any atom is 0.344 e. The Kier molecular flexibility index (Phi) is 3.45. The second kappa shape index (κ2) is 5.99. The van der Waals surface area contributed by atoms with E-state index in [1.165, 1.54) is 12.1 Å². The van der Waals surface area contributed by atoms with Gasteiger partial charge in [0.05, 0.1) is 11.1 Å². The second-order valence-electron chi connectivity index (χ2n) is 6.38. The van der Waals surface area contributed by atoms with E-state index in [0.717, 1.165) is 5.56 Å². The largest absolute Gasteiger partial charge is 0.422 e. The lowest BCUT2D eigenvalue weighted by atomic mass is 10.0. The highest BCUT2D eigenvalue weighted by molar-refractivity contribution is 6.21. The van der Waals surface area contributed by atoms with Crippen molar-refractivity contribution in [2.75, 3.05) is 0 Å². The number of carbonyl (C=O) groups is 2. The molecule has 0 amide bonds. The number of nitrogens with zero attached hydrogens (tertiary/aromatic N) is 1. The topological polar surface area (TPSA) is 82.0 Å². The van der Waals surface area contributed by atoms with Crippen LogP contribution < -0.4 is 19.9 Å². The van der Waals surface area contributed by atoms with Crippen molar-refractivity contribution in [2.45, 2.75) is 0 Å². The quantitative estimate of drug-likeness (QED) is 0.402. The Labute approximate surface area is 158 Å². The first kappa shape index (κ1) is 16.1. The van der Waals surface area contributed by atoms with Crippen LogP contribution in [0.4, 0.5) is 5.69 Å². The third-order valence-electron chi connectivity index (χ3n) is 4.76. The molecule has 0 saturated carbocycles. The molecule has 2 heterocycles. The number of benzene rings is 3. The SMILES string of the molecule is O=Nc1ccc(C2=c3cc4c(cc3OC2=O)=C(c2ccccc2)C(=O)O4)cc1. The maximum absolute atomic E-state index is 12.5. The van der Waals surface area contributed by atoms with Crippen LogP contribution in [0.2, 0.25) is 0 Å². The zero-order chi connectivity index (χ0) is 19.3. The summed E-state index contributed by atoms with van der Waals surface area (Å²) < 4.78 is 10.9. The van der Waals surface area contributed by atoms with Crippen molar-refractivity contribution in [1.29, 1.82) is 0 Å². The minimum atomic E-state index is -0.502. The first-order valence-corrected chi connectivity index (χ1v) is 8.52. The summed E-state index contributed by atoms with van der Waals surface area (Å²) in [7, 11) is 0. The van der Waals surface area contributed by atoms with Crippen molar-refractivity contribution in [2.24, 2.45) is 5.18 Å². The number of hydrogen-bond acceptors (Lipinski definition) is 6. The van der Waals surface area contributed by atoms with E-state index in [4.69, 9.17) is 9.47 Å². The lowest BCUT2D eigenvalue weighted by molar-refractivity contribution is -0.128. The van der Waals surface area contributed by atoms with E-state index >= 15 is 0 Å². The molecule has 0 fully saturated rings. The Balaban J connectivity index is 1.76. The third-order valence-corrected chi connectivity index (χ3v) is 4.76. The minimum absolute atomic E-state index is 0.265. The van der Waals surface area contributed by atoms with Gasteiger partial charge in [0.1, 0.15) is 17.2 Å². The molecule has 0 saturated heterocycles. The van der Waals surface area contributed by atoms with Gasteiger partial charge in [-0.1, -0.05) is 42.5 Å². The van der Waals surface area contributed by atoms with Crippen LogP contribution in [0.5, 0.6) is 11.5 Å². The predicted octanol–water partition coefficient (Wildman–Crippen LogP) is 2.32. The summed E-state index contributed by atoms with van der Waals surface area (Å²) in [6.07, 6.45) is 0. The zero-order valence-corrected chi connectivity index (χ0v) is 14.3. The van der Waals surface area contributed by atoms with Crippen LogP contribution in [-0.4, -0.2) is 11.9 Å². The number of ether oxygens (including phenoxy) is 2. The standard InChI is InChI=1S/C22H11NO5/c24-21-19(12-4-2-1-3-5-12)15-10-18-16(11-17(15)27-21)20(22(25)28-18)13-6-8-14(23-26)9-7-13/h1-11H. The van der Waals surface area contributed by atoms with Gasteiger partial charge in [0.2, 0.25) is 0 Å². The number of hydrogen-bond donors (Lipinski definition) is 0. The molecule has 0 unspecified atom stereocenters. The zero-order valence-electron chi connectivity index (χ0n) is 14.3. The van der Waals surface area contributed by atoms with Crippen molar-refractivity contribution in [1.82, 2.24) is 0 Å². The molecule has 0 aromatic heterocycles. The fraction of sp³-hybridized carbons (Fsp3) is 0. The van der Waals surface area contributed by atoms with Gasteiger partial charge in [-0.15, -0.1) is 4.91 Å². The molecule has 6 nitrogen and oxygen atoms in total. The van der Waals surface area contributed by atoms with Gasteiger partial charge in [0.25, 0.3) is 0 Å². The molecular weight excluding hydrogens is 358 g/mol. The molecule has 0 radical (unpaired) electrons. The molecule has 0 spiro atoms. The van der Waals surface area contributed by atoms with E-state index in [0.29, 0.717) is 38.6 Å². The first-order chi connectivity index (χ1) is 13.7. The summed E-state index contributed by atoms with van der Waals surface area (Å²) in [6, 6.07) is 18.8. The molecule has 28 heavy (non-hydrogen) atoms. The van der Waals surface area contributed by atoms with Crippen LogP contribution in [0.25, 0.3) is 11.1 Å². The fourth-order valence-corrected chi connectivity index (χ4v) is 3.48. The van der Waals surface area contributed by atoms with Gasteiger partial charge in [-0.25, -0.2) is 9.59 Å². The first-order valence-electron chi connectivity index (χ1n) is 8.52. The Morgan fingerprint density at radius 2 is 1.14 bits per heavy atom. The molecule has 0 atom stereocenters. The predicted molar refractivity (Wildman–Crippen MR) is 100 cm³/mol. The van der Waals surface area contributed by atoms with Crippen molar-refractivity contribution in [3.8, 4) is 11.5 Å². The smallest absolute Gasteiger partial charge is 0.344 e. The summed E-state index contributed by atoms with van der Waals surface area (Å²) in [5, 5.41) is 3.99. The van der Waals surface area contributed by atoms with E-state index in [1.807, 2.05) is 30.3 Å². The fourth-order valence-electron chi connectivity index (χ4n) is 3.48. The van der Waals surface area contributed by atoms with Crippen molar-refractivity contribution >= 4 is 28.8 Å². The van der Waals surface area contributed by atoms with Gasteiger partial charge in [0, 0.05) is 10.4 Å². The molecule has 5 rings (SSSR count). The molecule has 0 N–H and O–H groups in total. The Bertz CT molecular complexity index is 1290. The van der Waals surface area contributed by atoms with Crippen molar-refractivity contribution in [3.05, 3.63) is 93.2 Å². The highest BCUT2D eigenvalue weighted by atomic mass is 16.5. The third kappa shape index (κ3) is 2.35. The van der Waals surface area contributed by atoms with Gasteiger partial charge >= 0.3 is 11.9 Å². The van der Waals surface area contributed by atoms with Crippen molar-refractivity contribution in [3.63, 3.8) is 0 Å². The van der Waals surface area contributed by atoms with Crippen LogP contribution in [0, 0.1) is 4.91 Å². The molecule has 0 aliphatic carbocycles. The summed E-state index contributed by atoms with van der Waals surface area (Å²) >= 11 is 0. The molecular formula is C22H11NO5. The van der Waals surface area contributed by atoms with Crippen molar-refractivity contribution < 1.29 is 19.1 Å². The lowest BCUT2D eigenvalue weighted by Gasteiger charge is -2.00. The van der Waals surface area contributed by atoms with E-state index in [2.05, 4.69) is 5.18 Å². The van der Waals surface area contributed by atoms with Crippen LogP contribution in [0.15, 0.2) is 71.9 Å². The average Bonchev–Trinajstić information content (AvgIpc) is 3.21. The summed E-state index contributed by atoms with van der Waals surface area (Å²) in [4.78, 5) is 35.5. The molecule has 2 aliphatic rings. The average molecular weight is 369 g/mol. The van der Waals surface area contributed by atoms with Crippen LogP contribution in [-0.2, 0) is 9.59 Å². The molecule has 0 bridgehead atoms. The van der Waals surface area contributed by atoms with Gasteiger partial charge in [-0.3, -0.25) is 0 Å². The summed E-state index contributed by atoms with van der Waals surface area (Å²) in [5.74, 6) is -0.204. The van der Waals surface area contributed by atoms with E-state index in [1.54, 1.807) is 24.3 Å².